The quantitative estimate of drug-likeness (QED) is 0.804. The van der Waals surface area contributed by atoms with E-state index < -0.39 is 0 Å². The molecule has 0 radical (unpaired) electrons. The van der Waals surface area contributed by atoms with E-state index in [2.05, 4.69) is 28.4 Å². The van der Waals surface area contributed by atoms with E-state index in [1.807, 2.05) is 0 Å². The molecule has 3 heteroatoms. The number of nitrogens with one attached hydrogen (secondary N) is 1. The third-order valence-electron chi connectivity index (χ3n) is 3.62. The zero-order valence-corrected chi connectivity index (χ0v) is 10.2. The standard InChI is InChI=1S/C14H20N2O/c1-3-12-4-5-13(11-14(12)15-6-1)16-7-2-9-17-10-8-16/h4-5,11,15H,1-3,6-10H2. The maximum absolute atomic E-state index is 5.50. The molecule has 1 aromatic rings. The summed E-state index contributed by atoms with van der Waals surface area (Å²) < 4.78 is 5.50. The Labute approximate surface area is 103 Å². The van der Waals surface area contributed by atoms with Crippen LogP contribution < -0.4 is 10.2 Å². The first-order valence-corrected chi connectivity index (χ1v) is 6.63. The van der Waals surface area contributed by atoms with E-state index in [4.69, 9.17) is 4.74 Å². The van der Waals surface area contributed by atoms with Crippen LogP contribution in [0.4, 0.5) is 11.4 Å². The molecule has 2 aliphatic heterocycles. The Kier molecular flexibility index (Phi) is 3.18. The number of fused-ring (bicyclic) bond motifs is 1. The van der Waals surface area contributed by atoms with Crippen molar-refractivity contribution < 1.29 is 4.74 Å². The molecule has 3 rings (SSSR count). The number of aryl methyl sites for hydroxylation is 1. The minimum atomic E-state index is 0.852. The van der Waals surface area contributed by atoms with E-state index in [0.717, 1.165) is 39.3 Å². The second-order valence-electron chi connectivity index (χ2n) is 4.82. The highest BCUT2D eigenvalue weighted by atomic mass is 16.5. The SMILES string of the molecule is c1cc2c(cc1N1CCCOCC1)NCCC2. The summed E-state index contributed by atoms with van der Waals surface area (Å²) in [4.78, 5) is 2.43. The summed E-state index contributed by atoms with van der Waals surface area (Å²) in [6, 6.07) is 6.85. The van der Waals surface area contributed by atoms with Crippen LogP contribution in [-0.4, -0.2) is 32.8 Å². The summed E-state index contributed by atoms with van der Waals surface area (Å²) in [7, 11) is 0. The van der Waals surface area contributed by atoms with Gasteiger partial charge in [-0.2, -0.15) is 0 Å². The van der Waals surface area contributed by atoms with Gasteiger partial charge in [0, 0.05) is 37.6 Å². The van der Waals surface area contributed by atoms with Crippen LogP contribution in [0.15, 0.2) is 18.2 Å². The average Bonchev–Trinajstić information content (AvgIpc) is 2.67. The molecule has 0 saturated carbocycles. The maximum Gasteiger partial charge on any atom is 0.0641 e. The molecule has 1 fully saturated rings. The molecule has 0 aromatic heterocycles. The van der Waals surface area contributed by atoms with Crippen molar-refractivity contribution in [3.05, 3.63) is 23.8 Å². The van der Waals surface area contributed by atoms with Crippen molar-refractivity contribution in [2.45, 2.75) is 19.3 Å². The molecular formula is C14H20N2O. The van der Waals surface area contributed by atoms with Crippen molar-refractivity contribution in [2.24, 2.45) is 0 Å². The normalized spacial score (nSPS) is 20.4. The lowest BCUT2D eigenvalue weighted by molar-refractivity contribution is 0.152. The second-order valence-corrected chi connectivity index (χ2v) is 4.82. The van der Waals surface area contributed by atoms with Crippen LogP contribution in [0, 0.1) is 0 Å². The Morgan fingerprint density at radius 2 is 2.12 bits per heavy atom. The largest absolute Gasteiger partial charge is 0.385 e. The molecule has 1 saturated heterocycles. The van der Waals surface area contributed by atoms with Gasteiger partial charge in [-0.25, -0.2) is 0 Å². The van der Waals surface area contributed by atoms with Gasteiger partial charge in [0.25, 0.3) is 0 Å². The molecule has 0 atom stereocenters. The van der Waals surface area contributed by atoms with Gasteiger partial charge in [0.2, 0.25) is 0 Å². The van der Waals surface area contributed by atoms with E-state index >= 15 is 0 Å². The van der Waals surface area contributed by atoms with Crippen LogP contribution >= 0.6 is 0 Å². The molecule has 17 heavy (non-hydrogen) atoms. The van der Waals surface area contributed by atoms with E-state index in [-0.39, 0.29) is 0 Å². The van der Waals surface area contributed by atoms with Gasteiger partial charge in [0.05, 0.1) is 6.61 Å². The number of nitrogens with zero attached hydrogens (tertiary/aromatic N) is 1. The van der Waals surface area contributed by atoms with Crippen LogP contribution in [0.25, 0.3) is 0 Å². The molecule has 0 aliphatic carbocycles. The fourth-order valence-corrected chi connectivity index (χ4v) is 2.65. The fourth-order valence-electron chi connectivity index (χ4n) is 2.65. The Hall–Kier alpha value is -1.22. The zero-order chi connectivity index (χ0) is 11.5. The van der Waals surface area contributed by atoms with E-state index in [9.17, 15) is 0 Å². The Bertz CT molecular complexity index is 384. The van der Waals surface area contributed by atoms with Crippen LogP contribution in [0.5, 0.6) is 0 Å². The van der Waals surface area contributed by atoms with Gasteiger partial charge in [-0.1, -0.05) is 6.07 Å². The van der Waals surface area contributed by atoms with Crippen molar-refractivity contribution in [1.29, 1.82) is 0 Å². The summed E-state index contributed by atoms with van der Waals surface area (Å²) in [5.74, 6) is 0. The van der Waals surface area contributed by atoms with Crippen molar-refractivity contribution in [2.75, 3.05) is 43.1 Å². The minimum absolute atomic E-state index is 0.852. The molecule has 0 spiro atoms. The van der Waals surface area contributed by atoms with Gasteiger partial charge in [0.15, 0.2) is 0 Å². The number of hydrogen-bond donors (Lipinski definition) is 1. The molecule has 2 heterocycles. The second kappa shape index (κ2) is 4.96. The third kappa shape index (κ3) is 2.39. The lowest BCUT2D eigenvalue weighted by atomic mass is 10.0. The van der Waals surface area contributed by atoms with Crippen LogP contribution in [0.3, 0.4) is 0 Å². The van der Waals surface area contributed by atoms with Crippen molar-refractivity contribution >= 4 is 11.4 Å². The van der Waals surface area contributed by atoms with Gasteiger partial charge in [-0.3, -0.25) is 0 Å². The molecule has 0 amide bonds. The smallest absolute Gasteiger partial charge is 0.0641 e. The monoisotopic (exact) mass is 232 g/mol. The number of anilines is 2. The molecule has 1 N–H and O–H groups in total. The van der Waals surface area contributed by atoms with Gasteiger partial charge >= 0.3 is 0 Å². The van der Waals surface area contributed by atoms with E-state index in [1.54, 1.807) is 0 Å². The van der Waals surface area contributed by atoms with Crippen LogP contribution in [0.1, 0.15) is 18.4 Å². The zero-order valence-electron chi connectivity index (χ0n) is 10.2. The first-order chi connectivity index (χ1) is 8.43. The van der Waals surface area contributed by atoms with Crippen molar-refractivity contribution in [1.82, 2.24) is 0 Å². The number of ether oxygens (including phenoxy) is 1. The molecule has 1 aromatic carbocycles. The van der Waals surface area contributed by atoms with E-state index in [1.165, 1.54) is 29.8 Å². The van der Waals surface area contributed by atoms with Crippen molar-refractivity contribution in [3.8, 4) is 0 Å². The molecule has 0 unspecified atom stereocenters. The fraction of sp³-hybridized carbons (Fsp3) is 0.571. The summed E-state index contributed by atoms with van der Waals surface area (Å²) in [6.07, 6.45) is 3.60. The minimum Gasteiger partial charge on any atom is -0.385 e. The first kappa shape index (κ1) is 10.9. The lowest BCUT2D eigenvalue weighted by Gasteiger charge is -2.25. The van der Waals surface area contributed by atoms with Gasteiger partial charge in [-0.15, -0.1) is 0 Å². The molecule has 92 valence electrons. The van der Waals surface area contributed by atoms with Gasteiger partial charge in [-0.05, 0) is 37.0 Å². The van der Waals surface area contributed by atoms with Gasteiger partial charge < -0.3 is 15.0 Å². The molecule has 3 nitrogen and oxygen atoms in total. The number of hydrogen-bond acceptors (Lipinski definition) is 3. The highest BCUT2D eigenvalue weighted by Crippen LogP contribution is 2.27. The highest BCUT2D eigenvalue weighted by Gasteiger charge is 2.13. The summed E-state index contributed by atoms with van der Waals surface area (Å²) in [5, 5.41) is 3.50. The highest BCUT2D eigenvalue weighted by molar-refractivity contribution is 5.63. The first-order valence-electron chi connectivity index (χ1n) is 6.63. The number of rotatable bonds is 1. The Morgan fingerprint density at radius 1 is 1.12 bits per heavy atom. The number of benzene rings is 1. The summed E-state index contributed by atoms with van der Waals surface area (Å²) in [5.41, 5.74) is 4.13. The molecular weight excluding hydrogens is 212 g/mol. The molecule has 0 bridgehead atoms. The molecule has 2 aliphatic rings. The maximum atomic E-state index is 5.50. The lowest BCUT2D eigenvalue weighted by Crippen LogP contribution is -2.26. The van der Waals surface area contributed by atoms with Crippen molar-refractivity contribution in [3.63, 3.8) is 0 Å². The third-order valence-corrected chi connectivity index (χ3v) is 3.62. The summed E-state index contributed by atoms with van der Waals surface area (Å²) >= 11 is 0. The Morgan fingerprint density at radius 3 is 3.12 bits per heavy atom. The van der Waals surface area contributed by atoms with Crippen LogP contribution in [-0.2, 0) is 11.2 Å². The average molecular weight is 232 g/mol. The van der Waals surface area contributed by atoms with Crippen LogP contribution in [0.2, 0.25) is 0 Å². The van der Waals surface area contributed by atoms with E-state index in [0.29, 0.717) is 0 Å². The predicted molar refractivity (Wildman–Crippen MR) is 70.9 cm³/mol. The predicted octanol–water partition coefficient (Wildman–Crippen LogP) is 2.27. The topological polar surface area (TPSA) is 24.5 Å². The Balaban J connectivity index is 1.82. The summed E-state index contributed by atoms with van der Waals surface area (Å²) in [6.45, 7) is 4.99. The van der Waals surface area contributed by atoms with Gasteiger partial charge in [0.1, 0.15) is 0 Å².